The Morgan fingerprint density at radius 3 is 2.46 bits per heavy atom. The summed E-state index contributed by atoms with van der Waals surface area (Å²) >= 11 is 9.78. The van der Waals surface area contributed by atoms with Gasteiger partial charge in [-0.05, 0) is 61.6 Å². The van der Waals surface area contributed by atoms with Gasteiger partial charge >= 0.3 is 0 Å². The Morgan fingerprint density at radius 1 is 1.00 bits per heavy atom. The van der Waals surface area contributed by atoms with E-state index in [4.69, 9.17) is 16.7 Å². The average molecular weight is 441 g/mol. The maximum atomic E-state index is 10.0. The number of halogens is 2. The number of unbranched alkanes of at least 4 members (excludes halogenated alkanes) is 2. The van der Waals surface area contributed by atoms with Gasteiger partial charge in [0, 0.05) is 28.7 Å². The standard InChI is InChI=1S/C21H27BrClNO2/c22-21-10-9-19(23)14-18(21)15-24(11-5-2-6-12-25)20(16-26)13-17-7-3-1-4-8-17/h1,3-4,7-10,14,20,25-26H,2,5-6,11-13,15-16H2. The van der Waals surface area contributed by atoms with Crippen molar-refractivity contribution in [1.82, 2.24) is 4.90 Å². The normalized spacial score (nSPS) is 12.5. The molecule has 0 bridgehead atoms. The molecule has 1 unspecified atom stereocenters. The predicted octanol–water partition coefficient (Wildman–Crippen LogP) is 4.67. The summed E-state index contributed by atoms with van der Waals surface area (Å²) < 4.78 is 1.03. The van der Waals surface area contributed by atoms with Crippen LogP contribution in [0.3, 0.4) is 0 Å². The Kier molecular flexibility index (Phi) is 9.65. The highest BCUT2D eigenvalue weighted by molar-refractivity contribution is 9.10. The summed E-state index contributed by atoms with van der Waals surface area (Å²) in [5.41, 5.74) is 2.34. The molecule has 0 radical (unpaired) electrons. The van der Waals surface area contributed by atoms with Crippen LogP contribution in [0.2, 0.25) is 5.02 Å². The molecule has 0 aliphatic carbocycles. The van der Waals surface area contributed by atoms with Crippen LogP contribution in [0.5, 0.6) is 0 Å². The third-order valence-electron chi connectivity index (χ3n) is 4.53. The minimum Gasteiger partial charge on any atom is -0.396 e. The van der Waals surface area contributed by atoms with Gasteiger partial charge in [-0.1, -0.05) is 57.9 Å². The minimum atomic E-state index is 0.0393. The third kappa shape index (κ3) is 7.01. The van der Waals surface area contributed by atoms with Crippen LogP contribution in [-0.4, -0.2) is 40.9 Å². The molecule has 2 aromatic carbocycles. The molecule has 2 N–H and O–H groups in total. The Bertz CT molecular complexity index is 654. The largest absolute Gasteiger partial charge is 0.396 e. The molecule has 0 fully saturated rings. The van der Waals surface area contributed by atoms with Crippen LogP contribution in [-0.2, 0) is 13.0 Å². The highest BCUT2D eigenvalue weighted by Crippen LogP contribution is 2.24. The van der Waals surface area contributed by atoms with Crippen LogP contribution >= 0.6 is 27.5 Å². The summed E-state index contributed by atoms with van der Waals surface area (Å²) in [6, 6.07) is 16.1. The highest BCUT2D eigenvalue weighted by Gasteiger charge is 2.19. The quantitative estimate of drug-likeness (QED) is 0.499. The second kappa shape index (κ2) is 11.7. The van der Waals surface area contributed by atoms with Crippen LogP contribution in [0.15, 0.2) is 53.0 Å². The van der Waals surface area contributed by atoms with Gasteiger partial charge in [0.15, 0.2) is 0 Å². The summed E-state index contributed by atoms with van der Waals surface area (Å²) in [7, 11) is 0. The topological polar surface area (TPSA) is 43.7 Å². The van der Waals surface area contributed by atoms with Gasteiger partial charge in [0.1, 0.15) is 0 Å². The number of aliphatic hydroxyl groups excluding tert-OH is 2. The number of nitrogens with zero attached hydrogens (tertiary/aromatic N) is 1. The minimum absolute atomic E-state index is 0.0393. The molecule has 0 aromatic heterocycles. The van der Waals surface area contributed by atoms with E-state index < -0.39 is 0 Å². The fourth-order valence-electron chi connectivity index (χ4n) is 3.07. The second-order valence-corrected chi connectivity index (χ2v) is 7.81. The lowest BCUT2D eigenvalue weighted by Gasteiger charge is -2.31. The molecule has 0 saturated carbocycles. The third-order valence-corrected chi connectivity index (χ3v) is 5.53. The zero-order chi connectivity index (χ0) is 18.8. The molecule has 0 heterocycles. The van der Waals surface area contributed by atoms with Crippen LogP contribution in [0.4, 0.5) is 0 Å². The van der Waals surface area contributed by atoms with E-state index in [9.17, 15) is 5.11 Å². The van der Waals surface area contributed by atoms with Crippen molar-refractivity contribution in [3.63, 3.8) is 0 Å². The van der Waals surface area contributed by atoms with Gasteiger partial charge in [0.25, 0.3) is 0 Å². The molecule has 0 aliphatic rings. The zero-order valence-corrected chi connectivity index (χ0v) is 17.3. The maximum absolute atomic E-state index is 10.0. The molecule has 0 spiro atoms. The lowest BCUT2D eigenvalue weighted by atomic mass is 10.0. The Balaban J connectivity index is 2.13. The predicted molar refractivity (Wildman–Crippen MR) is 112 cm³/mol. The number of hydrogen-bond donors (Lipinski definition) is 2. The van der Waals surface area contributed by atoms with Crippen molar-refractivity contribution in [1.29, 1.82) is 0 Å². The summed E-state index contributed by atoms with van der Waals surface area (Å²) in [5, 5.41) is 19.8. The van der Waals surface area contributed by atoms with Crippen LogP contribution in [0.1, 0.15) is 30.4 Å². The van der Waals surface area contributed by atoms with E-state index in [1.165, 1.54) is 5.56 Å². The van der Waals surface area contributed by atoms with Gasteiger partial charge in [0.2, 0.25) is 0 Å². The van der Waals surface area contributed by atoms with Gasteiger partial charge in [0.05, 0.1) is 6.61 Å². The van der Waals surface area contributed by atoms with Crippen LogP contribution < -0.4 is 0 Å². The van der Waals surface area contributed by atoms with Gasteiger partial charge in [-0.25, -0.2) is 0 Å². The van der Waals surface area contributed by atoms with Gasteiger partial charge in [-0.15, -0.1) is 0 Å². The molecule has 2 rings (SSSR count). The van der Waals surface area contributed by atoms with E-state index in [2.05, 4.69) is 33.0 Å². The summed E-state index contributed by atoms with van der Waals surface area (Å²) in [6.45, 7) is 1.93. The van der Waals surface area contributed by atoms with Crippen molar-refractivity contribution in [2.75, 3.05) is 19.8 Å². The van der Waals surface area contributed by atoms with E-state index >= 15 is 0 Å². The van der Waals surface area contributed by atoms with Crippen LogP contribution in [0.25, 0.3) is 0 Å². The van der Waals surface area contributed by atoms with E-state index in [1.807, 2.05) is 36.4 Å². The molecular formula is C21H27BrClNO2. The molecular weight excluding hydrogens is 414 g/mol. The fraction of sp³-hybridized carbons (Fsp3) is 0.429. The van der Waals surface area contributed by atoms with Gasteiger partial charge in [-0.2, -0.15) is 0 Å². The van der Waals surface area contributed by atoms with E-state index in [1.54, 1.807) is 0 Å². The number of benzene rings is 2. The summed E-state index contributed by atoms with van der Waals surface area (Å²) in [5.74, 6) is 0. The van der Waals surface area contributed by atoms with Crippen molar-refractivity contribution < 1.29 is 10.2 Å². The van der Waals surface area contributed by atoms with Crippen molar-refractivity contribution in [2.24, 2.45) is 0 Å². The fourth-order valence-corrected chi connectivity index (χ4v) is 3.64. The molecule has 2 aromatic rings. The summed E-state index contributed by atoms with van der Waals surface area (Å²) in [4.78, 5) is 2.32. The Labute approximate surface area is 169 Å². The Morgan fingerprint density at radius 2 is 1.77 bits per heavy atom. The van der Waals surface area contributed by atoms with Crippen molar-refractivity contribution >= 4 is 27.5 Å². The molecule has 3 nitrogen and oxygen atoms in total. The van der Waals surface area contributed by atoms with Crippen molar-refractivity contribution in [3.05, 3.63) is 69.2 Å². The highest BCUT2D eigenvalue weighted by atomic mass is 79.9. The molecule has 0 aliphatic heterocycles. The maximum Gasteiger partial charge on any atom is 0.0590 e. The first kappa shape index (κ1) is 21.4. The monoisotopic (exact) mass is 439 g/mol. The number of aliphatic hydroxyl groups is 2. The molecule has 142 valence electrons. The van der Waals surface area contributed by atoms with Crippen LogP contribution in [0, 0.1) is 0 Å². The first-order valence-electron chi connectivity index (χ1n) is 9.07. The average Bonchev–Trinajstić information content (AvgIpc) is 2.66. The molecule has 5 heteroatoms. The number of hydrogen-bond acceptors (Lipinski definition) is 3. The molecule has 0 saturated heterocycles. The van der Waals surface area contributed by atoms with E-state index in [0.717, 1.165) is 48.8 Å². The summed E-state index contributed by atoms with van der Waals surface area (Å²) in [6.07, 6.45) is 3.59. The van der Waals surface area contributed by atoms with Crippen molar-refractivity contribution in [3.8, 4) is 0 Å². The zero-order valence-electron chi connectivity index (χ0n) is 15.0. The van der Waals surface area contributed by atoms with Gasteiger partial charge < -0.3 is 10.2 Å². The molecule has 1 atom stereocenters. The molecule has 26 heavy (non-hydrogen) atoms. The first-order chi connectivity index (χ1) is 12.6. The second-order valence-electron chi connectivity index (χ2n) is 6.52. The number of rotatable bonds is 11. The lowest BCUT2D eigenvalue weighted by molar-refractivity contribution is 0.113. The first-order valence-corrected chi connectivity index (χ1v) is 10.2. The van der Waals surface area contributed by atoms with Gasteiger partial charge in [-0.3, -0.25) is 4.90 Å². The van der Waals surface area contributed by atoms with E-state index in [0.29, 0.717) is 5.02 Å². The van der Waals surface area contributed by atoms with Crippen molar-refractivity contribution in [2.45, 2.75) is 38.3 Å². The van der Waals surface area contributed by atoms with E-state index in [-0.39, 0.29) is 19.3 Å². The SMILES string of the molecule is OCCCCCN(Cc1cc(Cl)ccc1Br)C(CO)Cc1ccccc1. The lowest BCUT2D eigenvalue weighted by Crippen LogP contribution is -2.40. The smallest absolute Gasteiger partial charge is 0.0590 e. The Hall–Kier alpha value is -0.910. The molecule has 0 amide bonds.